The zero-order chi connectivity index (χ0) is 28.8. The molecule has 1 amide bonds. The average molecular weight is 566 g/mol. The van der Waals surface area contributed by atoms with E-state index in [4.69, 9.17) is 4.74 Å². The number of hydrogen-bond acceptors (Lipinski definition) is 5. The molecule has 3 heterocycles. The van der Waals surface area contributed by atoms with Gasteiger partial charge in [0.15, 0.2) is 0 Å². The van der Waals surface area contributed by atoms with Crippen molar-refractivity contribution in [1.82, 2.24) is 25.8 Å². The number of aromatic nitrogens is 3. The number of rotatable bonds is 10. The number of nitrogens with zero attached hydrogens (tertiary/aromatic N) is 2. The summed E-state index contributed by atoms with van der Waals surface area (Å²) < 4.78 is 61.7. The van der Waals surface area contributed by atoms with Crippen molar-refractivity contribution in [3.05, 3.63) is 101 Å². The Morgan fingerprint density at radius 1 is 1.05 bits per heavy atom. The zero-order valence-electron chi connectivity index (χ0n) is 21.9. The molecule has 1 saturated heterocycles. The molecule has 11 heteroatoms. The van der Waals surface area contributed by atoms with Gasteiger partial charge < -0.3 is 15.4 Å². The van der Waals surface area contributed by atoms with Crippen LogP contribution in [0.3, 0.4) is 0 Å². The van der Waals surface area contributed by atoms with Crippen LogP contribution in [0.25, 0.3) is 22.0 Å². The Morgan fingerprint density at radius 3 is 2.56 bits per heavy atom. The van der Waals surface area contributed by atoms with Crippen LogP contribution in [0.5, 0.6) is 5.88 Å². The molecule has 1 aliphatic rings. The fourth-order valence-electron chi connectivity index (χ4n) is 4.70. The van der Waals surface area contributed by atoms with Crippen molar-refractivity contribution >= 4 is 28.0 Å². The number of carbonyl (C=O) groups excluding carboxylic acids is 1. The second-order valence-corrected chi connectivity index (χ2v) is 9.45. The molecule has 1 fully saturated rings. The normalized spacial score (nSPS) is 15.3. The Morgan fingerprint density at radius 2 is 1.85 bits per heavy atom. The van der Waals surface area contributed by atoms with Crippen molar-refractivity contribution in [2.45, 2.75) is 19.0 Å². The quantitative estimate of drug-likeness (QED) is 0.103. The van der Waals surface area contributed by atoms with E-state index in [2.05, 4.69) is 25.8 Å². The second kappa shape index (κ2) is 12.3. The fourth-order valence-corrected chi connectivity index (χ4v) is 4.70. The average Bonchev–Trinajstić information content (AvgIpc) is 3.55. The van der Waals surface area contributed by atoms with E-state index in [1.807, 2.05) is 6.08 Å². The van der Waals surface area contributed by atoms with Crippen molar-refractivity contribution in [3.63, 3.8) is 0 Å². The highest BCUT2D eigenvalue weighted by Crippen LogP contribution is 2.40. The molecule has 0 saturated carbocycles. The number of benzene rings is 2. The number of H-pyrrole nitrogens is 1. The summed E-state index contributed by atoms with van der Waals surface area (Å²) in [6, 6.07) is 16.2. The van der Waals surface area contributed by atoms with E-state index < -0.39 is 18.5 Å². The predicted octanol–water partition coefficient (Wildman–Crippen LogP) is 5.42. The molecule has 3 N–H and O–H groups in total. The molecule has 41 heavy (non-hydrogen) atoms. The number of allylic oxidation sites excluding steroid dienone is 1. The third-order valence-electron chi connectivity index (χ3n) is 6.62. The van der Waals surface area contributed by atoms with Gasteiger partial charge in [-0.15, -0.1) is 0 Å². The maximum atomic E-state index is 14.4. The molecule has 1 aliphatic heterocycles. The number of carbonyl (C=O) groups is 1. The van der Waals surface area contributed by atoms with E-state index in [1.165, 1.54) is 12.3 Å². The highest BCUT2D eigenvalue weighted by Gasteiger charge is 2.31. The van der Waals surface area contributed by atoms with E-state index in [9.17, 15) is 22.4 Å². The van der Waals surface area contributed by atoms with Gasteiger partial charge in [-0.25, -0.2) is 4.98 Å². The van der Waals surface area contributed by atoms with Crippen molar-refractivity contribution in [1.29, 1.82) is 0 Å². The van der Waals surface area contributed by atoms with Crippen LogP contribution in [-0.2, 0) is 4.79 Å². The molecule has 0 atom stereocenters. The number of ether oxygens (including phenoxy) is 1. The van der Waals surface area contributed by atoms with Gasteiger partial charge in [0.2, 0.25) is 17.7 Å². The van der Waals surface area contributed by atoms with Gasteiger partial charge in [0.25, 0.3) is 0 Å². The van der Waals surface area contributed by atoms with Crippen molar-refractivity contribution in [3.8, 4) is 5.88 Å². The number of pyridine rings is 1. The predicted molar refractivity (Wildman–Crippen MR) is 147 cm³/mol. The number of fused-ring (bicyclic) bond motifs is 1. The monoisotopic (exact) mass is 565 g/mol. The minimum absolute atomic E-state index is 0.0334. The lowest BCUT2D eigenvalue weighted by Gasteiger charge is -2.19. The molecular formula is C30H27F4N5O2. The minimum Gasteiger partial charge on any atom is -0.476 e. The van der Waals surface area contributed by atoms with Crippen LogP contribution < -0.4 is 15.4 Å². The molecule has 5 rings (SSSR count). The van der Waals surface area contributed by atoms with E-state index >= 15 is 0 Å². The maximum Gasteiger partial charge on any atom is 0.393 e. The lowest BCUT2D eigenvalue weighted by atomic mass is 9.88. The van der Waals surface area contributed by atoms with E-state index in [1.54, 1.807) is 54.6 Å². The topological polar surface area (TPSA) is 91.9 Å². The molecular weight excluding hydrogens is 538 g/mol. The van der Waals surface area contributed by atoms with Gasteiger partial charge in [0.05, 0.1) is 17.3 Å². The first kappa shape index (κ1) is 28.0. The number of hydrogen-bond donors (Lipinski definition) is 3. The maximum absolute atomic E-state index is 14.4. The van der Waals surface area contributed by atoms with Crippen LogP contribution in [0, 0.1) is 5.95 Å². The Labute approximate surface area is 233 Å². The van der Waals surface area contributed by atoms with Gasteiger partial charge in [-0.3, -0.25) is 9.89 Å². The van der Waals surface area contributed by atoms with Gasteiger partial charge in [-0.1, -0.05) is 42.5 Å². The summed E-state index contributed by atoms with van der Waals surface area (Å²) in [5.74, 6) is -0.408. The van der Waals surface area contributed by atoms with Crippen molar-refractivity contribution in [2.75, 3.05) is 26.2 Å². The summed E-state index contributed by atoms with van der Waals surface area (Å²) >= 11 is 0. The molecule has 4 aromatic rings. The molecule has 0 radical (unpaired) electrons. The van der Waals surface area contributed by atoms with E-state index in [0.29, 0.717) is 60.7 Å². The molecule has 2 aromatic heterocycles. The summed E-state index contributed by atoms with van der Waals surface area (Å²) in [6.07, 6.45) is -1.68. The summed E-state index contributed by atoms with van der Waals surface area (Å²) in [4.78, 5) is 15.9. The number of alkyl halides is 3. The first-order valence-corrected chi connectivity index (χ1v) is 13.0. The van der Waals surface area contributed by atoms with Gasteiger partial charge >= 0.3 is 6.18 Å². The Kier molecular flexibility index (Phi) is 8.44. The Hall–Kier alpha value is -4.51. The Bertz CT molecular complexity index is 1580. The first-order chi connectivity index (χ1) is 19.8. The van der Waals surface area contributed by atoms with E-state index in [0.717, 1.165) is 5.57 Å². The number of halogens is 4. The summed E-state index contributed by atoms with van der Waals surface area (Å²) in [5.41, 5.74) is 2.64. The molecule has 0 bridgehead atoms. The third-order valence-corrected chi connectivity index (χ3v) is 6.62. The van der Waals surface area contributed by atoms with Crippen molar-refractivity contribution < 1.29 is 27.1 Å². The molecule has 0 unspecified atom stereocenters. The van der Waals surface area contributed by atoms with Crippen LogP contribution in [0.15, 0.2) is 78.5 Å². The van der Waals surface area contributed by atoms with E-state index in [-0.39, 0.29) is 22.4 Å². The molecule has 0 aliphatic carbocycles. The van der Waals surface area contributed by atoms with Gasteiger partial charge in [0, 0.05) is 43.0 Å². The van der Waals surface area contributed by atoms with Crippen LogP contribution in [-0.4, -0.2) is 53.5 Å². The third kappa shape index (κ3) is 6.98. The van der Waals surface area contributed by atoms with Crippen LogP contribution in [0.2, 0.25) is 0 Å². The van der Waals surface area contributed by atoms with Crippen molar-refractivity contribution in [2.24, 2.45) is 0 Å². The van der Waals surface area contributed by atoms with Gasteiger partial charge in [-0.2, -0.15) is 22.7 Å². The largest absolute Gasteiger partial charge is 0.476 e. The summed E-state index contributed by atoms with van der Waals surface area (Å²) in [7, 11) is 0. The highest BCUT2D eigenvalue weighted by molar-refractivity contribution is 6.00. The lowest BCUT2D eigenvalue weighted by molar-refractivity contribution is -0.123. The second-order valence-electron chi connectivity index (χ2n) is 9.45. The fraction of sp³-hybridized carbons (Fsp3) is 0.233. The smallest absolute Gasteiger partial charge is 0.393 e. The molecule has 2 aromatic carbocycles. The number of amides is 1. The van der Waals surface area contributed by atoms with Crippen LogP contribution in [0.4, 0.5) is 17.6 Å². The van der Waals surface area contributed by atoms with Gasteiger partial charge in [-0.05, 0) is 46.9 Å². The minimum atomic E-state index is -4.50. The number of nitrogens with one attached hydrogen (secondary N) is 3. The zero-order valence-corrected chi connectivity index (χ0v) is 21.9. The SMILES string of the molecule is O=C1NCC/C1=C\CNCCOc1ccc(/C(=C(/CC(F)(F)F)c2ccccc2)c2ccc3n[nH]c(F)c3c2)cn1. The molecule has 7 nitrogen and oxygen atoms in total. The number of aromatic amines is 1. The highest BCUT2D eigenvalue weighted by atomic mass is 19.4. The van der Waals surface area contributed by atoms with Crippen LogP contribution in [0.1, 0.15) is 29.5 Å². The van der Waals surface area contributed by atoms with Crippen LogP contribution >= 0.6 is 0 Å². The first-order valence-electron chi connectivity index (χ1n) is 13.0. The summed E-state index contributed by atoms with van der Waals surface area (Å²) in [5, 5.41) is 12.2. The Balaban J connectivity index is 1.41. The molecule has 0 spiro atoms. The van der Waals surface area contributed by atoms with Gasteiger partial charge in [0.1, 0.15) is 6.61 Å². The molecule has 212 valence electrons. The standard InChI is InChI=1S/C30H27F4N5O2/c31-28-23-16-21(6-8-25(23)38-39-28)27(24(17-30(32,33)34)19-4-2-1-3-5-19)22-7-9-26(37-18-22)41-15-14-35-12-10-20-11-13-36-29(20)40/h1-10,16,18,35H,11-15,17H2,(H,36,40)(H,38,39)/b20-10+,27-24-. The summed E-state index contributed by atoms with van der Waals surface area (Å²) in [6.45, 7) is 1.98. The lowest BCUT2D eigenvalue weighted by Crippen LogP contribution is -2.22.